The maximum atomic E-state index is 12.6. The van der Waals surface area contributed by atoms with Gasteiger partial charge in [-0.25, -0.2) is 0 Å². The van der Waals surface area contributed by atoms with E-state index in [-0.39, 0.29) is 36.5 Å². The number of benzene rings is 1. The molecule has 1 fully saturated rings. The Labute approximate surface area is 204 Å². The molecule has 176 valence electrons. The third kappa shape index (κ3) is 10.1. The quantitative estimate of drug-likeness (QED) is 0.227. The summed E-state index contributed by atoms with van der Waals surface area (Å²) in [5.41, 5.74) is 1.22. The second-order valence-electron chi connectivity index (χ2n) is 7.77. The van der Waals surface area contributed by atoms with Crippen molar-refractivity contribution in [3.05, 3.63) is 30.3 Å². The van der Waals surface area contributed by atoms with Gasteiger partial charge < -0.3 is 25.5 Å². The molecule has 1 atom stereocenters. The lowest BCUT2D eigenvalue weighted by molar-refractivity contribution is -0.131. The number of aliphatic hydroxyl groups is 1. The van der Waals surface area contributed by atoms with Crippen LogP contribution in [-0.4, -0.2) is 74.3 Å². The molecular weight excluding hydrogens is 505 g/mol. The molecule has 1 amide bonds. The zero-order chi connectivity index (χ0) is 21.6. The van der Waals surface area contributed by atoms with E-state index in [1.807, 2.05) is 17.9 Å². The molecule has 0 aliphatic carbocycles. The number of hydrogen-bond acceptors (Lipinski definition) is 4. The number of rotatable bonds is 11. The highest BCUT2D eigenvalue weighted by Crippen LogP contribution is 2.15. The molecule has 1 unspecified atom stereocenters. The summed E-state index contributed by atoms with van der Waals surface area (Å²) in [6.45, 7) is 9.71. The minimum absolute atomic E-state index is 0. The van der Waals surface area contributed by atoms with Gasteiger partial charge in [0.15, 0.2) is 5.96 Å². The number of aliphatic hydroxyl groups excluding tert-OH is 1. The van der Waals surface area contributed by atoms with Crippen LogP contribution in [0.4, 0.5) is 5.69 Å². The molecule has 1 aromatic carbocycles. The maximum Gasteiger partial charge on any atom is 0.224 e. The molecule has 1 saturated heterocycles. The van der Waals surface area contributed by atoms with E-state index in [0.717, 1.165) is 57.9 Å². The third-order valence-corrected chi connectivity index (χ3v) is 5.47. The molecule has 2 rings (SSSR count). The third-order valence-electron chi connectivity index (χ3n) is 5.47. The molecule has 8 heteroatoms. The van der Waals surface area contributed by atoms with E-state index in [2.05, 4.69) is 51.7 Å². The number of para-hydroxylation sites is 1. The molecule has 1 aliphatic heterocycles. The smallest absolute Gasteiger partial charge is 0.224 e. The number of carbonyl (C=O) groups is 1. The number of guanidine groups is 1. The highest BCUT2D eigenvalue weighted by molar-refractivity contribution is 14.0. The highest BCUT2D eigenvalue weighted by Gasteiger charge is 2.20. The van der Waals surface area contributed by atoms with E-state index in [9.17, 15) is 9.90 Å². The molecule has 31 heavy (non-hydrogen) atoms. The molecule has 1 aromatic rings. The summed E-state index contributed by atoms with van der Waals surface area (Å²) in [4.78, 5) is 21.5. The number of piperazine rings is 1. The van der Waals surface area contributed by atoms with Gasteiger partial charge in [0.25, 0.3) is 0 Å². The number of nitrogens with one attached hydrogen (secondary N) is 2. The van der Waals surface area contributed by atoms with Crippen LogP contribution >= 0.6 is 24.0 Å². The van der Waals surface area contributed by atoms with Crippen molar-refractivity contribution in [1.29, 1.82) is 0 Å². The number of carbonyl (C=O) groups excluding carboxylic acids is 1. The molecule has 0 radical (unpaired) electrons. The highest BCUT2D eigenvalue weighted by atomic mass is 127. The number of aliphatic imine (C=N–C) groups is 1. The van der Waals surface area contributed by atoms with Gasteiger partial charge in [0.2, 0.25) is 5.91 Å². The van der Waals surface area contributed by atoms with Gasteiger partial charge in [0.1, 0.15) is 0 Å². The Hall–Kier alpha value is -1.55. The second-order valence-corrected chi connectivity index (χ2v) is 7.77. The van der Waals surface area contributed by atoms with Crippen molar-refractivity contribution in [2.75, 3.05) is 57.3 Å². The summed E-state index contributed by atoms with van der Waals surface area (Å²) in [7, 11) is 0. The van der Waals surface area contributed by atoms with Crippen molar-refractivity contribution in [2.45, 2.75) is 39.5 Å². The fraction of sp³-hybridized carbons (Fsp3) is 0.652. The number of amides is 1. The van der Waals surface area contributed by atoms with Gasteiger partial charge in [-0.1, -0.05) is 31.5 Å². The van der Waals surface area contributed by atoms with Crippen LogP contribution in [0.25, 0.3) is 0 Å². The number of nitrogens with zero attached hydrogens (tertiary/aromatic N) is 3. The zero-order valence-electron chi connectivity index (χ0n) is 19.1. The summed E-state index contributed by atoms with van der Waals surface area (Å²) in [5, 5.41) is 15.7. The Kier molecular flexibility index (Phi) is 14.3. The normalized spacial score (nSPS) is 15.3. The van der Waals surface area contributed by atoms with E-state index in [0.29, 0.717) is 25.4 Å². The Bertz CT molecular complexity index is 630. The Morgan fingerprint density at radius 1 is 1.10 bits per heavy atom. The van der Waals surface area contributed by atoms with Crippen LogP contribution in [0.5, 0.6) is 0 Å². The van der Waals surface area contributed by atoms with Crippen LogP contribution < -0.4 is 15.5 Å². The lowest BCUT2D eigenvalue weighted by Gasteiger charge is -2.36. The zero-order valence-corrected chi connectivity index (χ0v) is 21.4. The van der Waals surface area contributed by atoms with E-state index in [1.54, 1.807) is 0 Å². The van der Waals surface area contributed by atoms with E-state index >= 15 is 0 Å². The summed E-state index contributed by atoms with van der Waals surface area (Å²) < 4.78 is 0. The lowest BCUT2D eigenvalue weighted by Crippen LogP contribution is -2.49. The fourth-order valence-corrected chi connectivity index (χ4v) is 3.78. The van der Waals surface area contributed by atoms with Crippen molar-refractivity contribution in [3.8, 4) is 0 Å². The van der Waals surface area contributed by atoms with Crippen molar-refractivity contribution >= 4 is 41.5 Å². The largest absolute Gasteiger partial charge is 0.396 e. The van der Waals surface area contributed by atoms with Crippen LogP contribution in [0.15, 0.2) is 35.3 Å². The van der Waals surface area contributed by atoms with E-state index in [4.69, 9.17) is 0 Å². The Balaban J connectivity index is 0.00000480. The van der Waals surface area contributed by atoms with Gasteiger partial charge in [0, 0.05) is 64.5 Å². The van der Waals surface area contributed by atoms with Crippen molar-refractivity contribution in [1.82, 2.24) is 15.5 Å². The monoisotopic (exact) mass is 545 g/mol. The predicted octanol–water partition coefficient (Wildman–Crippen LogP) is 2.70. The average Bonchev–Trinajstić information content (AvgIpc) is 2.78. The standard InChI is InChI=1S/C23H39N5O2.HI/c1-3-8-20(12-18-29)19-26-23(24-4-2)25-13-11-22(30)28-16-14-27(15-17-28)21-9-6-5-7-10-21;/h5-7,9-10,20,29H,3-4,8,11-19H2,1-2H3,(H2,24,25,26);1H. The molecule has 7 nitrogen and oxygen atoms in total. The molecule has 0 bridgehead atoms. The van der Waals surface area contributed by atoms with Gasteiger partial charge in [0.05, 0.1) is 0 Å². The van der Waals surface area contributed by atoms with Gasteiger partial charge in [-0.15, -0.1) is 24.0 Å². The minimum atomic E-state index is 0. The van der Waals surface area contributed by atoms with Gasteiger partial charge in [-0.2, -0.15) is 0 Å². The number of halogens is 1. The first-order chi connectivity index (χ1) is 14.7. The van der Waals surface area contributed by atoms with E-state index < -0.39 is 0 Å². The molecular formula is C23H40IN5O2. The topological polar surface area (TPSA) is 80.2 Å². The van der Waals surface area contributed by atoms with Crippen LogP contribution in [0.1, 0.15) is 39.5 Å². The van der Waals surface area contributed by atoms with Crippen molar-refractivity contribution in [3.63, 3.8) is 0 Å². The van der Waals surface area contributed by atoms with Gasteiger partial charge >= 0.3 is 0 Å². The van der Waals surface area contributed by atoms with Crippen LogP contribution in [0.3, 0.4) is 0 Å². The lowest BCUT2D eigenvalue weighted by atomic mass is 10.0. The van der Waals surface area contributed by atoms with Crippen LogP contribution in [0, 0.1) is 5.92 Å². The molecule has 1 aliphatic rings. The second kappa shape index (κ2) is 16.1. The SMILES string of the molecule is CCCC(CCO)CN=C(NCC)NCCC(=O)N1CCN(c2ccccc2)CC1.I. The first-order valence-electron chi connectivity index (χ1n) is 11.4. The van der Waals surface area contributed by atoms with Gasteiger partial charge in [-0.3, -0.25) is 9.79 Å². The van der Waals surface area contributed by atoms with Crippen molar-refractivity contribution < 1.29 is 9.90 Å². The summed E-state index contributed by atoms with van der Waals surface area (Å²) in [6, 6.07) is 10.4. The number of hydrogen-bond donors (Lipinski definition) is 3. The predicted molar refractivity (Wildman–Crippen MR) is 139 cm³/mol. The molecule has 0 saturated carbocycles. The van der Waals surface area contributed by atoms with Crippen LogP contribution in [-0.2, 0) is 4.79 Å². The molecule has 1 heterocycles. The molecule has 0 aromatic heterocycles. The fourth-order valence-electron chi connectivity index (χ4n) is 3.78. The summed E-state index contributed by atoms with van der Waals surface area (Å²) >= 11 is 0. The maximum absolute atomic E-state index is 12.6. The Morgan fingerprint density at radius 3 is 2.42 bits per heavy atom. The first-order valence-corrected chi connectivity index (χ1v) is 11.4. The summed E-state index contributed by atoms with van der Waals surface area (Å²) in [6.07, 6.45) is 3.40. The molecule has 3 N–H and O–H groups in total. The minimum Gasteiger partial charge on any atom is -0.396 e. The molecule has 0 spiro atoms. The Morgan fingerprint density at radius 2 is 1.81 bits per heavy atom. The average molecular weight is 546 g/mol. The first kappa shape index (κ1) is 27.5. The van der Waals surface area contributed by atoms with Crippen molar-refractivity contribution in [2.24, 2.45) is 10.9 Å². The van der Waals surface area contributed by atoms with Gasteiger partial charge in [-0.05, 0) is 37.8 Å². The number of anilines is 1. The summed E-state index contributed by atoms with van der Waals surface area (Å²) in [5.74, 6) is 1.34. The van der Waals surface area contributed by atoms with E-state index in [1.165, 1.54) is 5.69 Å². The van der Waals surface area contributed by atoms with Crippen LogP contribution in [0.2, 0.25) is 0 Å².